The van der Waals surface area contributed by atoms with Crippen LogP contribution in [0.1, 0.15) is 31.4 Å². The highest BCUT2D eigenvalue weighted by Gasteiger charge is 2.27. The number of amides is 3. The van der Waals surface area contributed by atoms with Crippen molar-refractivity contribution in [1.29, 1.82) is 0 Å². The average molecular weight is 395 g/mol. The number of nitrogens with zero attached hydrogens (tertiary/aromatic N) is 3. The van der Waals surface area contributed by atoms with Gasteiger partial charge in [-0.3, -0.25) is 9.69 Å². The lowest BCUT2D eigenvalue weighted by molar-refractivity contribution is -0.121. The monoisotopic (exact) mass is 395 g/mol. The molecule has 0 aliphatic carbocycles. The van der Waals surface area contributed by atoms with Crippen LogP contribution in [0.2, 0.25) is 0 Å². The third kappa shape index (κ3) is 4.42. The van der Waals surface area contributed by atoms with Gasteiger partial charge in [0.1, 0.15) is 5.76 Å². The number of para-hydroxylation sites is 2. The van der Waals surface area contributed by atoms with Crippen molar-refractivity contribution in [2.75, 3.05) is 18.0 Å². The number of anilines is 1. The molecule has 3 heterocycles. The molecular formula is C21H25N5O3. The van der Waals surface area contributed by atoms with Gasteiger partial charge in [-0.05, 0) is 37.1 Å². The van der Waals surface area contributed by atoms with Crippen LogP contribution in [0.25, 0.3) is 11.0 Å². The summed E-state index contributed by atoms with van der Waals surface area (Å²) in [6.07, 6.45) is 4.58. The van der Waals surface area contributed by atoms with E-state index in [1.807, 2.05) is 30.3 Å². The third-order valence-corrected chi connectivity index (χ3v) is 5.06. The zero-order valence-corrected chi connectivity index (χ0v) is 16.3. The molecule has 8 nitrogen and oxygen atoms in total. The Morgan fingerprint density at radius 3 is 2.79 bits per heavy atom. The number of fused-ring (bicyclic) bond motifs is 3. The zero-order valence-electron chi connectivity index (χ0n) is 16.3. The van der Waals surface area contributed by atoms with Gasteiger partial charge in [0.2, 0.25) is 11.9 Å². The second-order valence-corrected chi connectivity index (χ2v) is 7.10. The molecule has 0 radical (unpaired) electrons. The van der Waals surface area contributed by atoms with Crippen molar-refractivity contribution in [2.45, 2.75) is 38.8 Å². The average Bonchev–Trinajstić information content (AvgIpc) is 3.45. The summed E-state index contributed by atoms with van der Waals surface area (Å²) in [6, 6.07) is 11.4. The Labute approximate surface area is 168 Å². The summed E-state index contributed by atoms with van der Waals surface area (Å²) in [5.74, 6) is 1.47. The minimum Gasteiger partial charge on any atom is -0.467 e. The van der Waals surface area contributed by atoms with E-state index in [0.29, 0.717) is 32.0 Å². The number of unbranched alkanes of at least 4 members (excludes halogenated alkanes) is 2. The molecule has 3 amide bonds. The van der Waals surface area contributed by atoms with E-state index in [-0.39, 0.29) is 11.9 Å². The minimum atomic E-state index is -0.116. The van der Waals surface area contributed by atoms with Gasteiger partial charge < -0.3 is 19.6 Å². The van der Waals surface area contributed by atoms with Crippen molar-refractivity contribution in [3.8, 4) is 0 Å². The second-order valence-electron chi connectivity index (χ2n) is 7.10. The number of carbonyl (C=O) groups excluding carboxylic acids is 2. The lowest BCUT2D eigenvalue weighted by Gasteiger charge is -2.15. The molecule has 0 fully saturated rings. The highest BCUT2D eigenvalue weighted by Crippen LogP contribution is 2.26. The molecule has 2 N–H and O–H groups in total. The number of hydrogen-bond acceptors (Lipinski definition) is 4. The highest BCUT2D eigenvalue weighted by atomic mass is 16.3. The van der Waals surface area contributed by atoms with Crippen LogP contribution < -0.4 is 15.5 Å². The first kappa shape index (κ1) is 19.0. The van der Waals surface area contributed by atoms with Gasteiger partial charge in [0, 0.05) is 26.1 Å². The zero-order chi connectivity index (χ0) is 20.1. The summed E-state index contributed by atoms with van der Waals surface area (Å²) in [6.45, 7) is 2.40. The summed E-state index contributed by atoms with van der Waals surface area (Å²) >= 11 is 0. The van der Waals surface area contributed by atoms with Crippen molar-refractivity contribution >= 4 is 28.9 Å². The number of nitrogens with one attached hydrogen (secondary N) is 2. The molecule has 0 saturated carbocycles. The lowest BCUT2D eigenvalue weighted by Crippen LogP contribution is -2.39. The first-order valence-corrected chi connectivity index (χ1v) is 10.0. The molecule has 1 aliphatic rings. The maximum Gasteiger partial charge on any atom is 0.324 e. The van der Waals surface area contributed by atoms with Gasteiger partial charge in [-0.25, -0.2) is 9.78 Å². The van der Waals surface area contributed by atoms with Gasteiger partial charge in [0.05, 0.1) is 23.8 Å². The number of carbonyl (C=O) groups is 2. The van der Waals surface area contributed by atoms with Gasteiger partial charge in [0.25, 0.3) is 0 Å². The van der Waals surface area contributed by atoms with E-state index in [4.69, 9.17) is 4.42 Å². The highest BCUT2D eigenvalue weighted by molar-refractivity contribution is 5.93. The molecule has 2 aromatic heterocycles. The molecule has 0 bridgehead atoms. The number of urea groups is 1. The standard InChI is InChI=1S/C21H25N5O3/c27-19(23-15-16-7-6-14-29-16)10-2-1-5-11-22-21(28)26-13-12-25-18-9-4-3-8-17(18)24-20(25)26/h3-4,6-9,14H,1-2,5,10-13,15H2,(H,22,28)(H,23,27). The van der Waals surface area contributed by atoms with Crippen molar-refractivity contribution in [3.63, 3.8) is 0 Å². The summed E-state index contributed by atoms with van der Waals surface area (Å²) in [5, 5.41) is 5.80. The summed E-state index contributed by atoms with van der Waals surface area (Å²) in [5.41, 5.74) is 1.97. The fourth-order valence-electron chi connectivity index (χ4n) is 3.55. The van der Waals surface area contributed by atoms with E-state index in [1.54, 1.807) is 17.2 Å². The van der Waals surface area contributed by atoms with Gasteiger partial charge in [-0.2, -0.15) is 0 Å². The number of furan rings is 1. The van der Waals surface area contributed by atoms with Crippen molar-refractivity contribution < 1.29 is 14.0 Å². The number of benzene rings is 1. The molecule has 0 saturated heterocycles. The van der Waals surface area contributed by atoms with Crippen molar-refractivity contribution in [3.05, 3.63) is 48.4 Å². The van der Waals surface area contributed by atoms with Crippen LogP contribution in [-0.4, -0.2) is 34.6 Å². The summed E-state index contributed by atoms with van der Waals surface area (Å²) in [4.78, 5) is 30.6. The Bertz CT molecular complexity index is 980. The fraction of sp³-hybridized carbons (Fsp3) is 0.381. The van der Waals surface area contributed by atoms with Crippen molar-refractivity contribution in [2.24, 2.45) is 0 Å². The number of imidazole rings is 1. The molecule has 4 rings (SSSR count). The Hall–Kier alpha value is -3.29. The normalized spacial score (nSPS) is 12.9. The summed E-state index contributed by atoms with van der Waals surface area (Å²) < 4.78 is 7.26. The largest absolute Gasteiger partial charge is 0.467 e. The van der Waals surface area contributed by atoms with Crippen LogP contribution in [0.3, 0.4) is 0 Å². The van der Waals surface area contributed by atoms with E-state index in [2.05, 4.69) is 20.2 Å². The van der Waals surface area contributed by atoms with Crippen LogP contribution in [-0.2, 0) is 17.9 Å². The molecule has 1 aliphatic heterocycles. The van der Waals surface area contributed by atoms with Gasteiger partial charge in [-0.1, -0.05) is 18.6 Å². The Morgan fingerprint density at radius 1 is 1.03 bits per heavy atom. The van der Waals surface area contributed by atoms with Gasteiger partial charge in [-0.15, -0.1) is 0 Å². The smallest absolute Gasteiger partial charge is 0.324 e. The van der Waals surface area contributed by atoms with Crippen LogP contribution in [0, 0.1) is 0 Å². The Kier molecular flexibility index (Phi) is 5.79. The molecule has 1 aromatic carbocycles. The molecule has 152 valence electrons. The topological polar surface area (TPSA) is 92.4 Å². The molecule has 29 heavy (non-hydrogen) atoms. The van der Waals surface area contributed by atoms with Crippen LogP contribution in [0.15, 0.2) is 47.1 Å². The van der Waals surface area contributed by atoms with E-state index in [9.17, 15) is 9.59 Å². The maximum atomic E-state index is 12.5. The predicted molar refractivity (Wildman–Crippen MR) is 110 cm³/mol. The molecule has 3 aromatic rings. The molecule has 0 spiro atoms. The van der Waals surface area contributed by atoms with Crippen LogP contribution in [0.4, 0.5) is 10.7 Å². The van der Waals surface area contributed by atoms with Gasteiger partial charge >= 0.3 is 6.03 Å². The molecule has 8 heteroatoms. The molecular weight excluding hydrogens is 370 g/mol. The second kappa shape index (κ2) is 8.81. The number of hydrogen-bond donors (Lipinski definition) is 2. The Balaban J connectivity index is 1.14. The minimum absolute atomic E-state index is 0.0152. The van der Waals surface area contributed by atoms with E-state index >= 15 is 0 Å². The SMILES string of the molecule is O=C(CCCCCNC(=O)N1CCn2c1nc1ccccc12)NCc1ccco1. The molecule has 0 atom stereocenters. The van der Waals surface area contributed by atoms with Crippen molar-refractivity contribution in [1.82, 2.24) is 20.2 Å². The fourth-order valence-corrected chi connectivity index (χ4v) is 3.55. The first-order valence-electron chi connectivity index (χ1n) is 10.0. The predicted octanol–water partition coefficient (Wildman–Crippen LogP) is 3.04. The van der Waals surface area contributed by atoms with Crippen LogP contribution >= 0.6 is 0 Å². The summed E-state index contributed by atoms with van der Waals surface area (Å²) in [7, 11) is 0. The number of rotatable bonds is 8. The van der Waals surface area contributed by atoms with Crippen LogP contribution in [0.5, 0.6) is 0 Å². The third-order valence-electron chi connectivity index (χ3n) is 5.06. The lowest BCUT2D eigenvalue weighted by atomic mass is 10.2. The first-order chi connectivity index (χ1) is 14.2. The quantitative estimate of drug-likeness (QED) is 0.574. The maximum absolute atomic E-state index is 12.5. The van der Waals surface area contributed by atoms with Gasteiger partial charge in [0.15, 0.2) is 0 Å². The Morgan fingerprint density at radius 2 is 1.93 bits per heavy atom. The molecule has 0 unspecified atom stereocenters. The van der Waals surface area contributed by atoms with E-state index in [0.717, 1.165) is 42.6 Å². The van der Waals surface area contributed by atoms with E-state index in [1.165, 1.54) is 0 Å². The van der Waals surface area contributed by atoms with E-state index < -0.39 is 0 Å². The number of aromatic nitrogens is 2.